The lowest BCUT2D eigenvalue weighted by Crippen LogP contribution is -2.32. The molecule has 0 aliphatic rings. The van der Waals surface area contributed by atoms with Gasteiger partial charge < -0.3 is 15.3 Å². The molecule has 0 spiro atoms. The summed E-state index contributed by atoms with van der Waals surface area (Å²) in [5.74, 6) is 0. The van der Waals surface area contributed by atoms with Gasteiger partial charge in [-0.15, -0.1) is 0 Å². The molecule has 0 bridgehead atoms. The van der Waals surface area contributed by atoms with E-state index in [1.54, 1.807) is 12.1 Å². The molecule has 0 saturated heterocycles. The van der Waals surface area contributed by atoms with Gasteiger partial charge in [-0.3, -0.25) is 4.90 Å². The first-order valence-corrected chi connectivity index (χ1v) is 6.43. The molecule has 4 nitrogen and oxygen atoms in total. The Morgan fingerprint density at radius 2 is 1.83 bits per heavy atom. The Bertz CT molecular complexity index is 349. The van der Waals surface area contributed by atoms with Gasteiger partial charge in [-0.25, -0.2) is 0 Å². The summed E-state index contributed by atoms with van der Waals surface area (Å²) in [5, 5.41) is 28.4. The maximum atomic E-state index is 10.1. The Labute approximate surface area is 112 Å². The lowest BCUT2D eigenvalue weighted by Gasteiger charge is -2.24. The van der Waals surface area contributed by atoms with Crippen LogP contribution in [-0.4, -0.2) is 53.1 Å². The number of aliphatic hydroxyl groups excluding tert-OH is 3. The normalized spacial score (nSPS) is 12.9. The Hall–Kier alpha value is -0.650. The van der Waals surface area contributed by atoms with Crippen LogP contribution in [0.5, 0.6) is 0 Å². The lowest BCUT2D eigenvalue weighted by molar-refractivity contribution is 0.0951. The lowest BCUT2D eigenvalue weighted by atomic mass is 10.1. The molecular weight excluding hydrogens is 254 g/mol. The number of hydrogen-bond donors (Lipinski definition) is 3. The van der Waals surface area contributed by atoms with Crippen molar-refractivity contribution >= 4 is 11.6 Å². The second-order valence-electron chi connectivity index (χ2n) is 4.14. The Morgan fingerprint density at radius 3 is 2.44 bits per heavy atom. The number of benzene rings is 1. The molecule has 0 fully saturated rings. The van der Waals surface area contributed by atoms with E-state index in [0.29, 0.717) is 36.6 Å². The smallest absolute Gasteiger partial charge is 0.0931 e. The van der Waals surface area contributed by atoms with Gasteiger partial charge in [-0.1, -0.05) is 29.8 Å². The van der Waals surface area contributed by atoms with Crippen LogP contribution in [0, 0.1) is 0 Å². The van der Waals surface area contributed by atoms with Gasteiger partial charge in [0.25, 0.3) is 0 Å². The van der Waals surface area contributed by atoms with Crippen LogP contribution in [0.2, 0.25) is 5.02 Å². The number of aliphatic hydroxyl groups is 3. The predicted molar refractivity (Wildman–Crippen MR) is 71.6 cm³/mol. The van der Waals surface area contributed by atoms with Gasteiger partial charge in [0.15, 0.2) is 0 Å². The summed E-state index contributed by atoms with van der Waals surface area (Å²) >= 11 is 6.02. The van der Waals surface area contributed by atoms with E-state index in [1.807, 2.05) is 17.0 Å². The topological polar surface area (TPSA) is 63.9 Å². The molecule has 1 atom stereocenters. The summed E-state index contributed by atoms with van der Waals surface area (Å²) < 4.78 is 0. The van der Waals surface area contributed by atoms with Crippen LogP contribution in [0.25, 0.3) is 0 Å². The third kappa shape index (κ3) is 4.92. The van der Waals surface area contributed by atoms with Gasteiger partial charge in [0.05, 0.1) is 12.7 Å². The van der Waals surface area contributed by atoms with Crippen molar-refractivity contribution in [1.82, 2.24) is 4.90 Å². The first-order chi connectivity index (χ1) is 8.69. The summed E-state index contributed by atoms with van der Waals surface area (Å²) in [7, 11) is 0. The summed E-state index contributed by atoms with van der Waals surface area (Å²) in [5.41, 5.74) is 0.686. The van der Waals surface area contributed by atoms with E-state index in [2.05, 4.69) is 0 Å². The molecule has 0 aliphatic carbocycles. The first-order valence-electron chi connectivity index (χ1n) is 6.05. The molecule has 3 N–H and O–H groups in total. The van der Waals surface area contributed by atoms with Crippen LogP contribution in [-0.2, 0) is 0 Å². The summed E-state index contributed by atoms with van der Waals surface area (Å²) in [6.07, 6.45) is -0.0705. The van der Waals surface area contributed by atoms with Crippen LogP contribution < -0.4 is 0 Å². The average molecular weight is 274 g/mol. The van der Waals surface area contributed by atoms with Gasteiger partial charge in [-0.05, 0) is 12.5 Å². The van der Waals surface area contributed by atoms with Crippen molar-refractivity contribution in [3.8, 4) is 0 Å². The summed E-state index contributed by atoms with van der Waals surface area (Å²) in [6, 6.07) is 7.17. The second-order valence-corrected chi connectivity index (χ2v) is 4.55. The molecule has 0 aromatic heterocycles. The fourth-order valence-corrected chi connectivity index (χ4v) is 2.08. The number of halogens is 1. The zero-order valence-corrected chi connectivity index (χ0v) is 11.1. The van der Waals surface area contributed by atoms with Crippen molar-refractivity contribution < 1.29 is 15.3 Å². The molecule has 1 rings (SSSR count). The molecule has 1 aromatic carbocycles. The minimum Gasteiger partial charge on any atom is -0.396 e. The largest absolute Gasteiger partial charge is 0.396 e. The molecule has 0 heterocycles. The van der Waals surface area contributed by atoms with Gasteiger partial charge in [0.2, 0.25) is 0 Å². The second kappa shape index (κ2) is 8.45. The van der Waals surface area contributed by atoms with E-state index in [-0.39, 0.29) is 13.2 Å². The minimum absolute atomic E-state index is 0.0284. The van der Waals surface area contributed by atoms with Crippen LogP contribution in [0.4, 0.5) is 0 Å². The highest BCUT2D eigenvalue weighted by atomic mass is 35.5. The van der Waals surface area contributed by atoms with E-state index in [0.717, 1.165) is 0 Å². The van der Waals surface area contributed by atoms with Crippen LogP contribution >= 0.6 is 11.6 Å². The Kier molecular flexibility index (Phi) is 7.23. The van der Waals surface area contributed by atoms with Crippen molar-refractivity contribution in [3.63, 3.8) is 0 Å². The van der Waals surface area contributed by atoms with E-state index in [4.69, 9.17) is 21.8 Å². The third-order valence-electron chi connectivity index (χ3n) is 2.74. The third-order valence-corrected chi connectivity index (χ3v) is 3.09. The summed E-state index contributed by atoms with van der Waals surface area (Å²) in [4.78, 5) is 1.91. The fourth-order valence-electron chi connectivity index (χ4n) is 1.82. The highest BCUT2D eigenvalue weighted by Crippen LogP contribution is 2.23. The summed E-state index contributed by atoms with van der Waals surface area (Å²) in [6.45, 7) is 1.63. The Balaban J connectivity index is 2.60. The molecule has 1 aromatic rings. The van der Waals surface area contributed by atoms with Gasteiger partial charge >= 0.3 is 0 Å². The molecule has 0 aliphatic heterocycles. The molecule has 0 saturated carbocycles. The maximum absolute atomic E-state index is 10.1. The first kappa shape index (κ1) is 15.4. The quantitative estimate of drug-likeness (QED) is 0.663. The van der Waals surface area contributed by atoms with Crippen molar-refractivity contribution in [2.24, 2.45) is 0 Å². The highest BCUT2D eigenvalue weighted by molar-refractivity contribution is 6.31. The molecule has 102 valence electrons. The van der Waals surface area contributed by atoms with E-state index >= 15 is 0 Å². The SMILES string of the molecule is OCCCN(CCO)CC(O)c1ccccc1Cl. The molecular formula is C13H20ClNO3. The van der Waals surface area contributed by atoms with Gasteiger partial charge in [0, 0.05) is 36.8 Å². The van der Waals surface area contributed by atoms with Gasteiger partial charge in [0.1, 0.15) is 0 Å². The highest BCUT2D eigenvalue weighted by Gasteiger charge is 2.15. The molecule has 18 heavy (non-hydrogen) atoms. The van der Waals surface area contributed by atoms with E-state index in [1.165, 1.54) is 0 Å². The molecule has 0 radical (unpaired) electrons. The standard InChI is InChI=1S/C13H20ClNO3/c14-12-5-2-1-4-11(12)13(18)10-15(7-9-17)6-3-8-16/h1-2,4-5,13,16-18H,3,6-10H2. The average Bonchev–Trinajstić information content (AvgIpc) is 2.36. The zero-order chi connectivity index (χ0) is 13.4. The van der Waals surface area contributed by atoms with Crippen LogP contribution in [0.15, 0.2) is 24.3 Å². The molecule has 5 heteroatoms. The van der Waals surface area contributed by atoms with Crippen LogP contribution in [0.1, 0.15) is 18.1 Å². The fraction of sp³-hybridized carbons (Fsp3) is 0.538. The predicted octanol–water partition coefficient (Wildman–Crippen LogP) is 1.05. The maximum Gasteiger partial charge on any atom is 0.0931 e. The monoisotopic (exact) mass is 273 g/mol. The van der Waals surface area contributed by atoms with Crippen molar-refractivity contribution in [2.75, 3.05) is 32.8 Å². The number of rotatable bonds is 8. The van der Waals surface area contributed by atoms with E-state index < -0.39 is 6.10 Å². The Morgan fingerprint density at radius 1 is 1.11 bits per heavy atom. The van der Waals surface area contributed by atoms with Crippen molar-refractivity contribution in [1.29, 1.82) is 0 Å². The number of hydrogen-bond acceptors (Lipinski definition) is 4. The number of nitrogens with zero attached hydrogens (tertiary/aromatic N) is 1. The molecule has 1 unspecified atom stereocenters. The van der Waals surface area contributed by atoms with Crippen molar-refractivity contribution in [3.05, 3.63) is 34.9 Å². The molecule has 0 amide bonds. The zero-order valence-electron chi connectivity index (χ0n) is 10.3. The minimum atomic E-state index is -0.691. The van der Waals surface area contributed by atoms with Gasteiger partial charge in [-0.2, -0.15) is 0 Å². The van der Waals surface area contributed by atoms with Crippen molar-refractivity contribution in [2.45, 2.75) is 12.5 Å². The van der Waals surface area contributed by atoms with E-state index in [9.17, 15) is 5.11 Å². The van der Waals surface area contributed by atoms with Crippen LogP contribution in [0.3, 0.4) is 0 Å².